The van der Waals surface area contributed by atoms with Crippen molar-refractivity contribution in [3.63, 3.8) is 0 Å². The lowest BCUT2D eigenvalue weighted by Gasteiger charge is -2.18. The van der Waals surface area contributed by atoms with E-state index in [0.29, 0.717) is 25.2 Å². The lowest BCUT2D eigenvalue weighted by molar-refractivity contribution is -0.141. The number of hydrogen-bond donors (Lipinski definition) is 2. The third-order valence-electron chi connectivity index (χ3n) is 3.45. The Labute approximate surface area is 128 Å². The van der Waals surface area contributed by atoms with Crippen molar-refractivity contribution in [3.8, 4) is 0 Å². The van der Waals surface area contributed by atoms with Gasteiger partial charge in [0, 0.05) is 25.2 Å². The average molecular weight is 330 g/mol. The van der Waals surface area contributed by atoms with Crippen LogP contribution in [-0.4, -0.2) is 34.3 Å². The number of alkyl halides is 3. The van der Waals surface area contributed by atoms with Crippen molar-refractivity contribution in [3.05, 3.63) is 29.6 Å². The third-order valence-corrected chi connectivity index (χ3v) is 3.45. The predicted octanol–water partition coefficient (Wildman–Crippen LogP) is 2.56. The first-order valence-corrected chi connectivity index (χ1v) is 6.90. The summed E-state index contributed by atoms with van der Waals surface area (Å²) in [5.74, 6) is -0.422. The number of amides is 1. The number of nitrogens with one attached hydrogen (secondary N) is 2. The molecular formula is C13H13F3N4O3. The smallest absolute Gasteiger partial charge is 0.432 e. The molecule has 1 amide bonds. The van der Waals surface area contributed by atoms with Crippen LogP contribution in [0.1, 0.15) is 40.8 Å². The maximum absolute atomic E-state index is 12.4. The van der Waals surface area contributed by atoms with Gasteiger partial charge in [-0.15, -0.1) is 0 Å². The molecule has 0 atom stereocenters. The summed E-state index contributed by atoms with van der Waals surface area (Å²) in [6.45, 7) is 1.20. The van der Waals surface area contributed by atoms with Crippen molar-refractivity contribution in [1.29, 1.82) is 0 Å². The second-order valence-electron chi connectivity index (χ2n) is 5.08. The molecule has 23 heavy (non-hydrogen) atoms. The molecule has 1 fully saturated rings. The number of rotatable bonds is 3. The van der Waals surface area contributed by atoms with E-state index in [-0.39, 0.29) is 17.4 Å². The zero-order valence-corrected chi connectivity index (χ0v) is 11.8. The summed E-state index contributed by atoms with van der Waals surface area (Å²) in [6, 6.07) is 0.706. The van der Waals surface area contributed by atoms with Crippen LogP contribution in [0.15, 0.2) is 16.7 Å². The van der Waals surface area contributed by atoms with Gasteiger partial charge in [0.1, 0.15) is 12.0 Å². The maximum atomic E-state index is 12.4. The van der Waals surface area contributed by atoms with E-state index in [1.54, 1.807) is 0 Å². The minimum Gasteiger partial charge on any atom is -0.448 e. The molecule has 1 saturated heterocycles. The lowest BCUT2D eigenvalue weighted by atomic mass is 10.0. The molecule has 2 aromatic heterocycles. The number of hydrogen-bond acceptors (Lipinski definition) is 5. The molecule has 1 aliphatic rings. The normalized spacial score (nSPS) is 16.5. The zero-order chi connectivity index (χ0) is 16.4. The molecule has 2 N–H and O–H groups in total. The zero-order valence-electron chi connectivity index (χ0n) is 11.8. The Kier molecular flexibility index (Phi) is 4.07. The van der Waals surface area contributed by atoms with Gasteiger partial charge in [0.25, 0.3) is 5.91 Å². The van der Waals surface area contributed by atoms with Gasteiger partial charge in [0.2, 0.25) is 0 Å². The first-order chi connectivity index (χ1) is 10.9. The summed E-state index contributed by atoms with van der Waals surface area (Å²) in [4.78, 5) is 16.1. The molecule has 0 unspecified atom stereocenters. The van der Waals surface area contributed by atoms with E-state index in [9.17, 15) is 18.0 Å². The highest BCUT2D eigenvalue weighted by molar-refractivity contribution is 6.02. The summed E-state index contributed by atoms with van der Waals surface area (Å²) in [5, 5.41) is 7.44. The first-order valence-electron chi connectivity index (χ1n) is 6.90. The van der Waals surface area contributed by atoms with Crippen molar-refractivity contribution < 1.29 is 27.1 Å². The number of halogens is 3. The van der Waals surface area contributed by atoms with Gasteiger partial charge in [-0.3, -0.25) is 9.89 Å². The van der Waals surface area contributed by atoms with Crippen LogP contribution in [0.3, 0.4) is 0 Å². The number of carbonyl (C=O) groups is 1. The van der Waals surface area contributed by atoms with Crippen molar-refractivity contribution in [1.82, 2.24) is 15.2 Å². The van der Waals surface area contributed by atoms with Gasteiger partial charge in [-0.05, 0) is 12.8 Å². The van der Waals surface area contributed by atoms with E-state index in [1.807, 2.05) is 5.10 Å². The van der Waals surface area contributed by atoms with E-state index in [4.69, 9.17) is 9.15 Å². The van der Waals surface area contributed by atoms with Crippen LogP contribution in [0.25, 0.3) is 0 Å². The van der Waals surface area contributed by atoms with E-state index < -0.39 is 17.8 Å². The number of nitrogens with zero attached hydrogens (tertiary/aromatic N) is 2. The fraction of sp³-hybridized carbons (Fsp3) is 0.462. The Morgan fingerprint density at radius 2 is 2.09 bits per heavy atom. The molecule has 124 valence electrons. The van der Waals surface area contributed by atoms with Crippen molar-refractivity contribution in [2.45, 2.75) is 24.9 Å². The number of oxazole rings is 1. The van der Waals surface area contributed by atoms with Gasteiger partial charge in [-0.1, -0.05) is 0 Å². The largest absolute Gasteiger partial charge is 0.448 e. The molecule has 0 bridgehead atoms. The van der Waals surface area contributed by atoms with Crippen molar-refractivity contribution >= 4 is 11.7 Å². The number of H-pyrrole nitrogens is 1. The molecule has 0 aliphatic carbocycles. The minimum atomic E-state index is -4.56. The first kappa shape index (κ1) is 15.5. The number of aromatic nitrogens is 3. The van der Waals surface area contributed by atoms with Gasteiger partial charge < -0.3 is 14.5 Å². The molecule has 3 heterocycles. The minimum absolute atomic E-state index is 0.0111. The fourth-order valence-electron chi connectivity index (χ4n) is 2.24. The molecule has 0 radical (unpaired) electrons. The summed E-state index contributed by atoms with van der Waals surface area (Å²) < 4.78 is 47.9. The molecule has 0 spiro atoms. The van der Waals surface area contributed by atoms with Crippen LogP contribution in [-0.2, 0) is 10.9 Å². The van der Waals surface area contributed by atoms with Crippen LogP contribution in [0, 0.1) is 0 Å². The average Bonchev–Trinajstić information content (AvgIpc) is 3.16. The second-order valence-corrected chi connectivity index (χ2v) is 5.08. The van der Waals surface area contributed by atoms with Gasteiger partial charge in [0.15, 0.2) is 17.4 Å². The highest BCUT2D eigenvalue weighted by Gasteiger charge is 2.33. The summed E-state index contributed by atoms with van der Waals surface area (Å²) in [7, 11) is 0. The van der Waals surface area contributed by atoms with Crippen molar-refractivity contribution in [2.75, 3.05) is 18.5 Å². The predicted molar refractivity (Wildman–Crippen MR) is 70.8 cm³/mol. The second kappa shape index (κ2) is 6.03. The standard InChI is InChI=1S/C13H13F3N4O3/c14-13(15,16)9-5-10(20-19-9)18-11(21)8-6-23-12(17-8)7-1-3-22-4-2-7/h5-7H,1-4H2,(H2,18,19,20,21). The Morgan fingerprint density at radius 3 is 2.74 bits per heavy atom. The Morgan fingerprint density at radius 1 is 1.35 bits per heavy atom. The summed E-state index contributed by atoms with van der Waals surface area (Å²) >= 11 is 0. The number of ether oxygens (including phenoxy) is 1. The van der Waals surface area contributed by atoms with E-state index in [1.165, 1.54) is 6.26 Å². The molecule has 0 aromatic carbocycles. The molecular weight excluding hydrogens is 317 g/mol. The van der Waals surface area contributed by atoms with Gasteiger partial charge >= 0.3 is 6.18 Å². The van der Waals surface area contributed by atoms with Gasteiger partial charge in [0.05, 0.1) is 0 Å². The molecule has 1 aliphatic heterocycles. The lowest BCUT2D eigenvalue weighted by Crippen LogP contribution is -2.16. The van der Waals surface area contributed by atoms with Crippen LogP contribution in [0.2, 0.25) is 0 Å². The number of carbonyl (C=O) groups excluding carboxylic acids is 1. The van der Waals surface area contributed by atoms with Crippen LogP contribution in [0.5, 0.6) is 0 Å². The van der Waals surface area contributed by atoms with E-state index in [0.717, 1.165) is 12.8 Å². The van der Waals surface area contributed by atoms with Crippen LogP contribution in [0.4, 0.5) is 19.0 Å². The maximum Gasteiger partial charge on any atom is 0.432 e. The molecule has 10 heteroatoms. The Hall–Kier alpha value is -2.36. The monoisotopic (exact) mass is 330 g/mol. The van der Waals surface area contributed by atoms with E-state index >= 15 is 0 Å². The van der Waals surface area contributed by atoms with E-state index in [2.05, 4.69) is 15.4 Å². The molecule has 0 saturated carbocycles. The summed E-state index contributed by atoms with van der Waals surface area (Å²) in [5.41, 5.74) is -1.06. The fourth-order valence-corrected chi connectivity index (χ4v) is 2.24. The van der Waals surface area contributed by atoms with Gasteiger partial charge in [-0.2, -0.15) is 18.3 Å². The third kappa shape index (κ3) is 3.52. The quantitative estimate of drug-likeness (QED) is 0.902. The highest BCUT2D eigenvalue weighted by Crippen LogP contribution is 2.29. The Bertz CT molecular complexity index is 689. The number of anilines is 1. The topological polar surface area (TPSA) is 93.0 Å². The van der Waals surface area contributed by atoms with Gasteiger partial charge in [-0.25, -0.2) is 4.98 Å². The molecule has 7 nitrogen and oxygen atoms in total. The van der Waals surface area contributed by atoms with Crippen molar-refractivity contribution in [2.24, 2.45) is 0 Å². The SMILES string of the molecule is O=C(Nc1cc(C(F)(F)F)[nH]n1)c1coc(C2CCOCC2)n1. The Balaban J connectivity index is 1.66. The van der Waals surface area contributed by atoms with Crippen LogP contribution < -0.4 is 5.32 Å². The van der Waals surface area contributed by atoms with Crippen LogP contribution >= 0.6 is 0 Å². The highest BCUT2D eigenvalue weighted by atomic mass is 19.4. The summed E-state index contributed by atoms with van der Waals surface area (Å²) in [6.07, 6.45) is -1.89. The molecule has 3 rings (SSSR count). The molecule has 2 aromatic rings. The number of aromatic amines is 1.